The SMILES string of the molecule is C=CCOC(=O)N1c2cc(OCCCC(=O)OC)c(OC)cc2C(=O)N2CCCC[C@H]2[C@@H]1O. The fraction of sp³-hybridized carbons (Fsp3) is 0.522. The Kier molecular flexibility index (Phi) is 8.16. The number of carbonyl (C=O) groups is 3. The molecule has 1 aromatic rings. The quantitative estimate of drug-likeness (QED) is 0.356. The van der Waals surface area contributed by atoms with Crippen LogP contribution in [-0.2, 0) is 14.3 Å². The van der Waals surface area contributed by atoms with Gasteiger partial charge in [0, 0.05) is 19.0 Å². The Morgan fingerprint density at radius 1 is 1.24 bits per heavy atom. The molecule has 0 saturated carbocycles. The molecule has 2 aliphatic heterocycles. The summed E-state index contributed by atoms with van der Waals surface area (Å²) >= 11 is 0. The van der Waals surface area contributed by atoms with Crippen LogP contribution in [-0.4, -0.2) is 74.2 Å². The zero-order valence-corrected chi connectivity index (χ0v) is 19.0. The van der Waals surface area contributed by atoms with E-state index in [1.54, 1.807) is 4.90 Å². The minimum absolute atomic E-state index is 0.0489. The van der Waals surface area contributed by atoms with Crippen LogP contribution in [0.5, 0.6) is 11.5 Å². The maximum absolute atomic E-state index is 13.4. The number of aliphatic hydroxyl groups is 1. The standard InChI is InChI=1S/C23H30N2O8/c1-4-11-33-23(29)25-17-14-19(32-12-7-9-20(26)31-3)18(30-2)13-15(17)21(27)24-10-6-5-8-16(24)22(25)28/h4,13-14,16,22,28H,1,5-12H2,2-3H3/t16-,22-/m0/s1. The Morgan fingerprint density at radius 3 is 2.73 bits per heavy atom. The first-order chi connectivity index (χ1) is 15.9. The first kappa shape index (κ1) is 24.4. The summed E-state index contributed by atoms with van der Waals surface area (Å²) in [7, 11) is 2.76. The zero-order valence-electron chi connectivity index (χ0n) is 19.0. The highest BCUT2D eigenvalue weighted by atomic mass is 16.6. The maximum atomic E-state index is 13.4. The second-order valence-electron chi connectivity index (χ2n) is 7.76. The number of ether oxygens (including phenoxy) is 4. The number of benzene rings is 1. The van der Waals surface area contributed by atoms with Crippen LogP contribution in [0.3, 0.4) is 0 Å². The third-order valence-corrected chi connectivity index (χ3v) is 5.72. The molecule has 0 radical (unpaired) electrons. The van der Waals surface area contributed by atoms with Crippen LogP contribution in [0.25, 0.3) is 0 Å². The average Bonchev–Trinajstić information content (AvgIpc) is 2.92. The van der Waals surface area contributed by atoms with Crippen LogP contribution in [0.4, 0.5) is 10.5 Å². The van der Waals surface area contributed by atoms with E-state index < -0.39 is 18.4 Å². The van der Waals surface area contributed by atoms with Crippen molar-refractivity contribution < 1.29 is 38.4 Å². The summed E-state index contributed by atoms with van der Waals surface area (Å²) in [5.74, 6) is -0.0932. The lowest BCUT2D eigenvalue weighted by Gasteiger charge is -2.38. The second-order valence-corrected chi connectivity index (χ2v) is 7.76. The molecule has 1 N–H and O–H groups in total. The molecular formula is C23H30N2O8. The van der Waals surface area contributed by atoms with Crippen LogP contribution >= 0.6 is 0 Å². The summed E-state index contributed by atoms with van der Waals surface area (Å²) in [5, 5.41) is 11.2. The predicted octanol–water partition coefficient (Wildman–Crippen LogP) is 2.48. The van der Waals surface area contributed by atoms with Crippen molar-refractivity contribution in [1.82, 2.24) is 4.90 Å². The highest BCUT2D eigenvalue weighted by Gasteiger charge is 2.44. The van der Waals surface area contributed by atoms with Gasteiger partial charge in [-0.15, -0.1) is 0 Å². The number of anilines is 1. The summed E-state index contributed by atoms with van der Waals surface area (Å²) in [4.78, 5) is 40.4. The van der Waals surface area contributed by atoms with Crippen molar-refractivity contribution in [2.45, 2.75) is 44.4 Å². The number of piperidine rings is 1. The van der Waals surface area contributed by atoms with Gasteiger partial charge in [-0.3, -0.25) is 9.59 Å². The van der Waals surface area contributed by atoms with E-state index in [0.717, 1.165) is 17.7 Å². The van der Waals surface area contributed by atoms with Crippen LogP contribution in [0.15, 0.2) is 24.8 Å². The summed E-state index contributed by atoms with van der Waals surface area (Å²) in [6.07, 6.45) is 2.09. The smallest absolute Gasteiger partial charge is 0.416 e. The molecule has 0 aromatic heterocycles. The minimum Gasteiger partial charge on any atom is -0.493 e. The van der Waals surface area contributed by atoms with Crippen LogP contribution in [0.2, 0.25) is 0 Å². The summed E-state index contributed by atoms with van der Waals surface area (Å²) in [5.41, 5.74) is 0.368. The van der Waals surface area contributed by atoms with Gasteiger partial charge in [-0.25, -0.2) is 9.69 Å². The Morgan fingerprint density at radius 2 is 2.03 bits per heavy atom. The molecule has 33 heavy (non-hydrogen) atoms. The molecule has 1 aromatic carbocycles. The summed E-state index contributed by atoms with van der Waals surface area (Å²) in [6, 6.07) is 2.43. The second kappa shape index (κ2) is 11.0. The van der Waals surface area contributed by atoms with Crippen molar-refractivity contribution in [1.29, 1.82) is 0 Å². The zero-order chi connectivity index (χ0) is 24.0. The molecule has 10 nitrogen and oxygen atoms in total. The Bertz CT molecular complexity index is 903. The number of aliphatic hydroxyl groups excluding tert-OH is 1. The molecule has 0 unspecified atom stereocenters. The van der Waals surface area contributed by atoms with Gasteiger partial charge in [0.1, 0.15) is 6.61 Å². The van der Waals surface area contributed by atoms with E-state index in [2.05, 4.69) is 11.3 Å². The molecule has 1 saturated heterocycles. The lowest BCUT2D eigenvalue weighted by molar-refractivity contribution is -0.140. The van der Waals surface area contributed by atoms with Gasteiger partial charge in [0.2, 0.25) is 0 Å². The van der Waals surface area contributed by atoms with Crippen LogP contribution in [0, 0.1) is 0 Å². The van der Waals surface area contributed by atoms with Gasteiger partial charge in [-0.05, 0) is 31.7 Å². The van der Waals surface area contributed by atoms with Gasteiger partial charge in [-0.2, -0.15) is 0 Å². The van der Waals surface area contributed by atoms with Gasteiger partial charge in [-0.1, -0.05) is 12.7 Å². The van der Waals surface area contributed by atoms with E-state index in [1.807, 2.05) is 0 Å². The number of hydrogen-bond donors (Lipinski definition) is 1. The fourth-order valence-electron chi connectivity index (χ4n) is 4.09. The van der Waals surface area contributed by atoms with E-state index in [1.165, 1.54) is 32.4 Å². The molecule has 0 spiro atoms. The third kappa shape index (κ3) is 5.22. The molecule has 10 heteroatoms. The molecule has 2 atom stereocenters. The van der Waals surface area contributed by atoms with E-state index in [-0.39, 0.29) is 48.5 Å². The number of methoxy groups -OCH3 is 2. The average molecular weight is 462 g/mol. The molecule has 3 rings (SSSR count). The number of esters is 1. The molecular weight excluding hydrogens is 432 g/mol. The van der Waals surface area contributed by atoms with Gasteiger partial charge in [0.15, 0.2) is 17.7 Å². The summed E-state index contributed by atoms with van der Waals surface area (Å²) < 4.78 is 21.1. The molecule has 0 bridgehead atoms. The number of rotatable bonds is 8. The first-order valence-corrected chi connectivity index (χ1v) is 10.9. The van der Waals surface area contributed by atoms with Crippen LogP contribution in [0.1, 0.15) is 42.5 Å². The highest BCUT2D eigenvalue weighted by Crippen LogP contribution is 2.41. The van der Waals surface area contributed by atoms with Crippen molar-refractivity contribution in [3.05, 3.63) is 30.4 Å². The molecule has 2 aliphatic rings. The maximum Gasteiger partial charge on any atom is 0.416 e. The van der Waals surface area contributed by atoms with Crippen molar-refractivity contribution in [3.63, 3.8) is 0 Å². The Hall–Kier alpha value is -3.27. The fourth-order valence-corrected chi connectivity index (χ4v) is 4.09. The minimum atomic E-state index is -1.30. The predicted molar refractivity (Wildman–Crippen MR) is 118 cm³/mol. The van der Waals surface area contributed by atoms with Gasteiger partial charge in [0.05, 0.1) is 38.1 Å². The Labute approximate surface area is 192 Å². The van der Waals surface area contributed by atoms with E-state index >= 15 is 0 Å². The largest absolute Gasteiger partial charge is 0.493 e. The Balaban J connectivity index is 2.00. The lowest BCUT2D eigenvalue weighted by atomic mass is 10.0. The number of amides is 2. The molecule has 0 aliphatic carbocycles. The molecule has 2 amide bonds. The summed E-state index contributed by atoms with van der Waals surface area (Å²) in [6.45, 7) is 4.15. The monoisotopic (exact) mass is 462 g/mol. The van der Waals surface area contributed by atoms with Gasteiger partial charge in [0.25, 0.3) is 5.91 Å². The van der Waals surface area contributed by atoms with E-state index in [4.69, 9.17) is 14.2 Å². The highest BCUT2D eigenvalue weighted by molar-refractivity contribution is 6.05. The van der Waals surface area contributed by atoms with E-state index in [0.29, 0.717) is 25.1 Å². The van der Waals surface area contributed by atoms with Gasteiger partial charge < -0.3 is 29.0 Å². The number of nitrogens with zero attached hydrogens (tertiary/aromatic N) is 2. The first-order valence-electron chi connectivity index (χ1n) is 10.9. The van der Waals surface area contributed by atoms with Crippen molar-refractivity contribution >= 4 is 23.7 Å². The van der Waals surface area contributed by atoms with Gasteiger partial charge >= 0.3 is 12.1 Å². The number of hydrogen-bond acceptors (Lipinski definition) is 8. The van der Waals surface area contributed by atoms with E-state index in [9.17, 15) is 19.5 Å². The third-order valence-electron chi connectivity index (χ3n) is 5.72. The molecule has 1 fully saturated rings. The van der Waals surface area contributed by atoms with Crippen molar-refractivity contribution in [2.24, 2.45) is 0 Å². The number of carbonyl (C=O) groups excluding carboxylic acids is 3. The topological polar surface area (TPSA) is 115 Å². The van der Waals surface area contributed by atoms with Crippen LogP contribution < -0.4 is 14.4 Å². The number of fused-ring (bicyclic) bond motifs is 2. The molecule has 180 valence electrons. The normalized spacial score (nSPS) is 19.7. The molecule has 2 heterocycles. The van der Waals surface area contributed by atoms with Crippen molar-refractivity contribution in [2.75, 3.05) is 38.9 Å². The van der Waals surface area contributed by atoms with Crippen molar-refractivity contribution in [3.8, 4) is 11.5 Å². The lowest BCUT2D eigenvalue weighted by Crippen LogP contribution is -2.55.